The van der Waals surface area contributed by atoms with Crippen molar-refractivity contribution >= 4 is 29.2 Å². The molecule has 0 fully saturated rings. The van der Waals surface area contributed by atoms with E-state index in [9.17, 15) is 18.4 Å². The van der Waals surface area contributed by atoms with E-state index in [0.717, 1.165) is 29.5 Å². The standard InChI is InChI=1S/C25H22F3NO4S/c1-3-33-9-5-7-15-6-4-8-17(22(15)28)21-13-34-24(29-21)23(30)16-11-19(26)18(20(27)12-16)10-14(2)25(31)32/h4,6,8,10-13H,3,5,7,9H2,1-2H3,(H,31,32). The van der Waals surface area contributed by atoms with Gasteiger partial charge in [0.1, 0.15) is 17.5 Å². The van der Waals surface area contributed by atoms with E-state index in [1.54, 1.807) is 18.2 Å². The van der Waals surface area contributed by atoms with Crippen molar-refractivity contribution in [1.29, 1.82) is 0 Å². The van der Waals surface area contributed by atoms with E-state index in [4.69, 9.17) is 9.84 Å². The first-order chi connectivity index (χ1) is 16.2. The molecule has 0 radical (unpaired) electrons. The summed E-state index contributed by atoms with van der Waals surface area (Å²) in [6.45, 7) is 4.20. The number of rotatable bonds is 10. The summed E-state index contributed by atoms with van der Waals surface area (Å²) in [6, 6.07) is 6.58. The molecule has 3 rings (SSSR count). The molecular weight excluding hydrogens is 467 g/mol. The second-order valence-corrected chi connectivity index (χ2v) is 8.29. The first kappa shape index (κ1) is 25.3. The highest BCUT2D eigenvalue weighted by Crippen LogP contribution is 2.29. The Kier molecular flexibility index (Phi) is 8.36. The van der Waals surface area contributed by atoms with Crippen LogP contribution in [-0.2, 0) is 16.0 Å². The molecule has 0 saturated carbocycles. The van der Waals surface area contributed by atoms with Crippen LogP contribution in [0.5, 0.6) is 0 Å². The lowest BCUT2D eigenvalue weighted by Crippen LogP contribution is -2.05. The fourth-order valence-corrected chi connectivity index (χ4v) is 4.02. The molecule has 0 atom stereocenters. The highest BCUT2D eigenvalue weighted by atomic mass is 32.1. The van der Waals surface area contributed by atoms with Gasteiger partial charge in [0.15, 0.2) is 5.01 Å². The minimum absolute atomic E-state index is 0.0556. The normalized spacial score (nSPS) is 11.6. The molecule has 0 aliphatic rings. The number of aromatic nitrogens is 1. The largest absolute Gasteiger partial charge is 0.478 e. The second-order valence-electron chi connectivity index (χ2n) is 7.43. The molecule has 5 nitrogen and oxygen atoms in total. The molecule has 178 valence electrons. The number of hydrogen-bond acceptors (Lipinski definition) is 5. The number of ether oxygens (including phenoxy) is 1. The van der Waals surface area contributed by atoms with E-state index in [2.05, 4.69) is 4.98 Å². The summed E-state index contributed by atoms with van der Waals surface area (Å²) >= 11 is 0.935. The molecule has 0 saturated heterocycles. The van der Waals surface area contributed by atoms with Crippen LogP contribution in [0.3, 0.4) is 0 Å². The van der Waals surface area contributed by atoms with E-state index in [-0.39, 0.29) is 27.4 Å². The third-order valence-electron chi connectivity index (χ3n) is 5.03. The summed E-state index contributed by atoms with van der Waals surface area (Å²) in [5.74, 6) is -4.64. The number of halogens is 3. The molecule has 0 bridgehead atoms. The van der Waals surface area contributed by atoms with Gasteiger partial charge < -0.3 is 9.84 Å². The predicted molar refractivity (Wildman–Crippen MR) is 123 cm³/mol. The van der Waals surface area contributed by atoms with Crippen LogP contribution >= 0.6 is 11.3 Å². The third kappa shape index (κ3) is 5.78. The van der Waals surface area contributed by atoms with E-state index >= 15 is 4.39 Å². The molecule has 1 aromatic heterocycles. The molecule has 9 heteroatoms. The summed E-state index contributed by atoms with van der Waals surface area (Å²) in [4.78, 5) is 27.9. The summed E-state index contributed by atoms with van der Waals surface area (Å²) in [5.41, 5.74) is -0.127. The zero-order valence-corrected chi connectivity index (χ0v) is 19.3. The Hall–Kier alpha value is -3.30. The number of carboxylic acid groups (broad SMARTS) is 1. The minimum atomic E-state index is -1.32. The molecule has 0 aliphatic carbocycles. The Bertz CT molecular complexity index is 1230. The summed E-state index contributed by atoms with van der Waals surface area (Å²) in [6.07, 6.45) is 1.99. The first-order valence-corrected chi connectivity index (χ1v) is 11.4. The highest BCUT2D eigenvalue weighted by Gasteiger charge is 2.20. The molecule has 0 amide bonds. The Labute approximate surface area is 198 Å². The number of aliphatic carboxylic acids is 1. The maximum atomic E-state index is 15.0. The highest BCUT2D eigenvalue weighted by molar-refractivity contribution is 7.12. The van der Waals surface area contributed by atoms with Gasteiger partial charge in [-0.25, -0.2) is 22.9 Å². The lowest BCUT2D eigenvalue weighted by molar-refractivity contribution is -0.132. The number of nitrogens with zero attached hydrogens (tertiary/aromatic N) is 1. The van der Waals surface area contributed by atoms with Crippen LogP contribution in [0.4, 0.5) is 13.2 Å². The van der Waals surface area contributed by atoms with Gasteiger partial charge in [0.25, 0.3) is 0 Å². The van der Waals surface area contributed by atoms with Crippen molar-refractivity contribution in [2.24, 2.45) is 0 Å². The maximum absolute atomic E-state index is 15.0. The number of thiazole rings is 1. The van der Waals surface area contributed by atoms with Crippen molar-refractivity contribution in [3.63, 3.8) is 0 Å². The van der Waals surface area contributed by atoms with Crippen molar-refractivity contribution < 1.29 is 32.6 Å². The van der Waals surface area contributed by atoms with Crippen LogP contribution in [0.2, 0.25) is 0 Å². The molecule has 3 aromatic rings. The Morgan fingerprint density at radius 1 is 1.18 bits per heavy atom. The van der Waals surface area contributed by atoms with Crippen molar-refractivity contribution in [2.75, 3.05) is 13.2 Å². The number of ketones is 1. The zero-order valence-electron chi connectivity index (χ0n) is 18.5. The SMILES string of the molecule is CCOCCCc1cccc(-c2csc(C(=O)c3cc(F)c(C=C(C)C(=O)O)c(F)c3)n2)c1F. The summed E-state index contributed by atoms with van der Waals surface area (Å²) in [7, 11) is 0. The van der Waals surface area contributed by atoms with Gasteiger partial charge in [0, 0.05) is 40.9 Å². The van der Waals surface area contributed by atoms with Gasteiger partial charge >= 0.3 is 5.97 Å². The molecule has 0 spiro atoms. The van der Waals surface area contributed by atoms with E-state index in [1.807, 2.05) is 6.92 Å². The van der Waals surface area contributed by atoms with E-state index in [1.165, 1.54) is 12.3 Å². The number of benzene rings is 2. The van der Waals surface area contributed by atoms with Crippen LogP contribution in [0.1, 0.15) is 46.8 Å². The fraction of sp³-hybridized carbons (Fsp3) is 0.240. The first-order valence-electron chi connectivity index (χ1n) is 10.5. The van der Waals surface area contributed by atoms with Crippen LogP contribution in [0.15, 0.2) is 41.3 Å². The van der Waals surface area contributed by atoms with Crippen molar-refractivity contribution in [1.82, 2.24) is 4.98 Å². The summed E-state index contributed by atoms with van der Waals surface area (Å²) in [5, 5.41) is 10.4. The molecule has 1 N–H and O–H groups in total. The molecule has 2 aromatic carbocycles. The van der Waals surface area contributed by atoms with Gasteiger partial charge in [-0.3, -0.25) is 4.79 Å². The average molecular weight is 490 g/mol. The molecule has 0 aliphatic heterocycles. The van der Waals surface area contributed by atoms with E-state index in [0.29, 0.717) is 31.6 Å². The lowest BCUT2D eigenvalue weighted by Gasteiger charge is -2.07. The van der Waals surface area contributed by atoms with Crippen molar-refractivity contribution in [3.8, 4) is 11.3 Å². The van der Waals surface area contributed by atoms with Gasteiger partial charge in [0.2, 0.25) is 5.78 Å². The monoisotopic (exact) mass is 489 g/mol. The molecular formula is C25H22F3NO4S. The lowest BCUT2D eigenvalue weighted by atomic mass is 10.0. The number of hydrogen-bond donors (Lipinski definition) is 1. The van der Waals surface area contributed by atoms with Crippen molar-refractivity contribution in [3.05, 3.63) is 80.4 Å². The fourth-order valence-electron chi connectivity index (χ4n) is 3.24. The topological polar surface area (TPSA) is 76.5 Å². The zero-order chi connectivity index (χ0) is 24.8. The van der Waals surface area contributed by atoms with Gasteiger partial charge in [0.05, 0.1) is 5.69 Å². The van der Waals surface area contributed by atoms with Gasteiger partial charge in [-0.2, -0.15) is 0 Å². The Morgan fingerprint density at radius 2 is 1.88 bits per heavy atom. The molecule has 34 heavy (non-hydrogen) atoms. The minimum Gasteiger partial charge on any atom is -0.478 e. The van der Waals surface area contributed by atoms with Gasteiger partial charge in [-0.15, -0.1) is 11.3 Å². The van der Waals surface area contributed by atoms with Gasteiger partial charge in [-0.1, -0.05) is 12.1 Å². The summed E-state index contributed by atoms with van der Waals surface area (Å²) < 4.78 is 49.1. The smallest absolute Gasteiger partial charge is 0.331 e. The Morgan fingerprint density at radius 3 is 2.53 bits per heavy atom. The molecule has 0 unspecified atom stereocenters. The Balaban J connectivity index is 1.85. The quantitative estimate of drug-likeness (QED) is 0.218. The maximum Gasteiger partial charge on any atom is 0.331 e. The van der Waals surface area contributed by atoms with Crippen molar-refractivity contribution in [2.45, 2.75) is 26.7 Å². The number of carbonyl (C=O) groups is 2. The van der Waals surface area contributed by atoms with Crippen LogP contribution in [0, 0.1) is 17.5 Å². The second kappa shape index (κ2) is 11.2. The predicted octanol–water partition coefficient (Wildman–Crippen LogP) is 5.92. The van der Waals surface area contributed by atoms with Gasteiger partial charge in [-0.05, 0) is 56.5 Å². The van der Waals surface area contributed by atoms with Crippen LogP contribution in [-0.4, -0.2) is 35.1 Å². The van der Waals surface area contributed by atoms with Crippen LogP contribution < -0.4 is 0 Å². The number of aryl methyl sites for hydroxylation is 1. The number of carbonyl (C=O) groups excluding carboxylic acids is 1. The number of carboxylic acids is 1. The van der Waals surface area contributed by atoms with Crippen LogP contribution in [0.25, 0.3) is 17.3 Å². The third-order valence-corrected chi connectivity index (χ3v) is 5.87. The van der Waals surface area contributed by atoms with E-state index < -0.39 is 34.8 Å². The molecule has 1 heterocycles. The average Bonchev–Trinajstić information content (AvgIpc) is 3.29.